The molecule has 2 atom stereocenters. The Kier molecular flexibility index (Phi) is 5.66. The minimum atomic E-state index is 0.649. The molecule has 1 N–H and O–H groups in total. The van der Waals surface area contributed by atoms with E-state index in [1.54, 1.807) is 0 Å². The number of nitrogens with one attached hydrogen (secondary N) is 1. The summed E-state index contributed by atoms with van der Waals surface area (Å²) in [5.41, 5.74) is 0. The van der Waals surface area contributed by atoms with Crippen LogP contribution in [0.5, 0.6) is 0 Å². The van der Waals surface area contributed by atoms with Gasteiger partial charge in [-0.1, -0.05) is 40.5 Å². The topological polar surface area (TPSA) is 12.0 Å². The summed E-state index contributed by atoms with van der Waals surface area (Å²) in [5, 5.41) is 3.59. The number of rotatable bonds is 5. The van der Waals surface area contributed by atoms with E-state index in [4.69, 9.17) is 0 Å². The van der Waals surface area contributed by atoms with E-state index < -0.39 is 0 Å². The Bertz CT molecular complexity index is 163. The Hall–Kier alpha value is -0.0400. The molecule has 0 amide bonds. The molecule has 1 heteroatoms. The molecule has 0 aromatic heterocycles. The smallest absolute Gasteiger partial charge is 0.00104 e. The van der Waals surface area contributed by atoms with Gasteiger partial charge in [0.25, 0.3) is 0 Å². The first-order chi connectivity index (χ1) is 7.08. The zero-order valence-electron chi connectivity index (χ0n) is 11.1. The highest BCUT2D eigenvalue weighted by molar-refractivity contribution is 4.76. The molecule has 15 heavy (non-hydrogen) atoms. The summed E-state index contributed by atoms with van der Waals surface area (Å²) in [6.45, 7) is 10.4. The van der Waals surface area contributed by atoms with Crippen molar-refractivity contribution >= 4 is 0 Å². The minimum absolute atomic E-state index is 0.649. The standard InChI is InChI=1S/C14H29N/c1-11(2)8-13-6-5-7-14(9-13)10-15-12(3)4/h11-15H,5-10H2,1-4H3. The Morgan fingerprint density at radius 2 is 1.73 bits per heavy atom. The highest BCUT2D eigenvalue weighted by Crippen LogP contribution is 2.32. The van der Waals surface area contributed by atoms with Crippen molar-refractivity contribution < 1.29 is 0 Å². The quantitative estimate of drug-likeness (QED) is 0.728. The fraction of sp³-hybridized carbons (Fsp3) is 1.00. The minimum Gasteiger partial charge on any atom is -0.314 e. The van der Waals surface area contributed by atoms with E-state index in [2.05, 4.69) is 33.0 Å². The molecule has 0 bridgehead atoms. The van der Waals surface area contributed by atoms with Crippen molar-refractivity contribution in [2.24, 2.45) is 17.8 Å². The van der Waals surface area contributed by atoms with Crippen molar-refractivity contribution in [1.29, 1.82) is 0 Å². The summed E-state index contributed by atoms with van der Waals surface area (Å²) in [6, 6.07) is 0.649. The second-order valence-corrected chi connectivity index (χ2v) is 6.09. The molecule has 1 saturated carbocycles. The molecule has 0 aliphatic heterocycles. The molecule has 1 fully saturated rings. The molecule has 0 saturated heterocycles. The second-order valence-electron chi connectivity index (χ2n) is 6.09. The number of hydrogen-bond acceptors (Lipinski definition) is 1. The summed E-state index contributed by atoms with van der Waals surface area (Å²) < 4.78 is 0. The third-order valence-electron chi connectivity index (χ3n) is 3.51. The molecule has 0 heterocycles. The summed E-state index contributed by atoms with van der Waals surface area (Å²) in [4.78, 5) is 0. The molecule has 0 aromatic rings. The summed E-state index contributed by atoms with van der Waals surface area (Å²) in [7, 11) is 0. The van der Waals surface area contributed by atoms with Crippen LogP contribution in [0.15, 0.2) is 0 Å². The van der Waals surface area contributed by atoms with E-state index >= 15 is 0 Å². The van der Waals surface area contributed by atoms with Crippen molar-refractivity contribution in [2.75, 3.05) is 6.54 Å². The van der Waals surface area contributed by atoms with Gasteiger partial charge >= 0.3 is 0 Å². The van der Waals surface area contributed by atoms with Gasteiger partial charge in [-0.15, -0.1) is 0 Å². The first-order valence-electron chi connectivity index (χ1n) is 6.81. The fourth-order valence-corrected chi connectivity index (χ4v) is 2.87. The number of hydrogen-bond donors (Lipinski definition) is 1. The molecule has 1 nitrogen and oxygen atoms in total. The molecule has 2 unspecified atom stereocenters. The van der Waals surface area contributed by atoms with E-state index in [1.807, 2.05) is 0 Å². The van der Waals surface area contributed by atoms with Crippen LogP contribution in [0.25, 0.3) is 0 Å². The van der Waals surface area contributed by atoms with Crippen LogP contribution in [0.2, 0.25) is 0 Å². The van der Waals surface area contributed by atoms with Crippen LogP contribution in [0.4, 0.5) is 0 Å². The lowest BCUT2D eigenvalue weighted by atomic mass is 9.78. The lowest BCUT2D eigenvalue weighted by Crippen LogP contribution is -2.31. The van der Waals surface area contributed by atoms with Crippen LogP contribution in [-0.4, -0.2) is 12.6 Å². The van der Waals surface area contributed by atoms with Crippen molar-refractivity contribution in [1.82, 2.24) is 5.32 Å². The first-order valence-corrected chi connectivity index (χ1v) is 6.81. The predicted octanol–water partition coefficient (Wildman–Crippen LogP) is 3.84. The van der Waals surface area contributed by atoms with Crippen LogP contribution in [0.3, 0.4) is 0 Å². The Balaban J connectivity index is 2.23. The van der Waals surface area contributed by atoms with E-state index in [1.165, 1.54) is 38.6 Å². The SMILES string of the molecule is CC(C)CC1CCCC(CNC(C)C)C1. The van der Waals surface area contributed by atoms with Gasteiger partial charge < -0.3 is 5.32 Å². The average molecular weight is 211 g/mol. The Morgan fingerprint density at radius 3 is 2.33 bits per heavy atom. The molecule has 0 aromatic carbocycles. The van der Waals surface area contributed by atoms with Gasteiger partial charge in [-0.2, -0.15) is 0 Å². The highest BCUT2D eigenvalue weighted by Gasteiger charge is 2.22. The van der Waals surface area contributed by atoms with Gasteiger partial charge in [-0.3, -0.25) is 0 Å². The molecular formula is C14H29N. The van der Waals surface area contributed by atoms with Gasteiger partial charge in [-0.25, -0.2) is 0 Å². The Labute approximate surface area is 96.0 Å². The predicted molar refractivity (Wildman–Crippen MR) is 68.0 cm³/mol. The summed E-state index contributed by atoms with van der Waals surface area (Å²) in [5.74, 6) is 2.84. The molecule has 0 radical (unpaired) electrons. The molecule has 0 spiro atoms. The van der Waals surface area contributed by atoms with Crippen molar-refractivity contribution in [3.63, 3.8) is 0 Å². The van der Waals surface area contributed by atoms with Crippen LogP contribution in [0.1, 0.15) is 59.8 Å². The zero-order chi connectivity index (χ0) is 11.3. The maximum Gasteiger partial charge on any atom is 0.00104 e. The lowest BCUT2D eigenvalue weighted by Gasteiger charge is -2.30. The largest absolute Gasteiger partial charge is 0.314 e. The van der Waals surface area contributed by atoms with E-state index in [0.717, 1.165) is 17.8 Å². The van der Waals surface area contributed by atoms with E-state index in [9.17, 15) is 0 Å². The summed E-state index contributed by atoms with van der Waals surface area (Å²) >= 11 is 0. The maximum absolute atomic E-state index is 3.59. The van der Waals surface area contributed by atoms with Gasteiger partial charge in [0.05, 0.1) is 0 Å². The monoisotopic (exact) mass is 211 g/mol. The molecular weight excluding hydrogens is 182 g/mol. The third-order valence-corrected chi connectivity index (χ3v) is 3.51. The fourth-order valence-electron chi connectivity index (χ4n) is 2.87. The van der Waals surface area contributed by atoms with Crippen LogP contribution in [0, 0.1) is 17.8 Å². The Morgan fingerprint density at radius 1 is 1.07 bits per heavy atom. The van der Waals surface area contributed by atoms with E-state index in [-0.39, 0.29) is 0 Å². The van der Waals surface area contributed by atoms with Crippen molar-refractivity contribution in [3.05, 3.63) is 0 Å². The van der Waals surface area contributed by atoms with Gasteiger partial charge in [0.1, 0.15) is 0 Å². The maximum atomic E-state index is 3.59. The second kappa shape index (κ2) is 6.52. The van der Waals surface area contributed by atoms with Gasteiger partial charge in [0.15, 0.2) is 0 Å². The van der Waals surface area contributed by atoms with Crippen LogP contribution in [-0.2, 0) is 0 Å². The highest BCUT2D eigenvalue weighted by atomic mass is 14.9. The average Bonchev–Trinajstić information content (AvgIpc) is 2.14. The first kappa shape index (κ1) is 13.0. The lowest BCUT2D eigenvalue weighted by molar-refractivity contribution is 0.228. The van der Waals surface area contributed by atoms with Crippen LogP contribution >= 0.6 is 0 Å². The van der Waals surface area contributed by atoms with Crippen molar-refractivity contribution in [3.8, 4) is 0 Å². The normalized spacial score (nSPS) is 27.6. The molecule has 1 rings (SSSR count). The molecule has 1 aliphatic carbocycles. The van der Waals surface area contributed by atoms with Crippen molar-refractivity contribution in [2.45, 2.75) is 65.8 Å². The van der Waals surface area contributed by atoms with Crippen LogP contribution < -0.4 is 5.32 Å². The van der Waals surface area contributed by atoms with Gasteiger partial charge in [-0.05, 0) is 43.6 Å². The molecule has 90 valence electrons. The third kappa shape index (κ3) is 5.55. The van der Waals surface area contributed by atoms with Gasteiger partial charge in [0, 0.05) is 6.04 Å². The zero-order valence-corrected chi connectivity index (χ0v) is 11.1. The van der Waals surface area contributed by atoms with Gasteiger partial charge in [0.2, 0.25) is 0 Å². The molecule has 1 aliphatic rings. The van der Waals surface area contributed by atoms with E-state index in [0.29, 0.717) is 6.04 Å². The summed E-state index contributed by atoms with van der Waals surface area (Å²) in [6.07, 6.45) is 7.31.